The molecule has 0 fully saturated rings. The molecular weight excluding hydrogens is 386 g/mol. The smallest absolute Gasteiger partial charge is 0.342 e. The first-order chi connectivity index (χ1) is 10.9. The quantitative estimate of drug-likeness (QED) is 0.766. The number of halogens is 2. The number of hydrogen-bond acceptors (Lipinski definition) is 4. The van der Waals surface area contributed by atoms with Crippen LogP contribution in [0.25, 0.3) is 0 Å². The minimum atomic E-state index is -0.785. The molecule has 120 valence electrons. The fourth-order valence-corrected chi connectivity index (χ4v) is 2.42. The van der Waals surface area contributed by atoms with E-state index in [1.54, 1.807) is 31.2 Å². The molecule has 0 aliphatic carbocycles. The molecule has 2 N–H and O–H groups in total. The van der Waals surface area contributed by atoms with Gasteiger partial charge in [0.05, 0.1) is 0 Å². The lowest BCUT2D eigenvalue weighted by molar-refractivity contribution is -0.119. The first-order valence-electron chi connectivity index (χ1n) is 6.58. The van der Waals surface area contributed by atoms with Crippen molar-refractivity contribution in [3.05, 3.63) is 57.0 Å². The summed E-state index contributed by atoms with van der Waals surface area (Å²) in [6.45, 7) is 1.33. The zero-order valence-electron chi connectivity index (χ0n) is 12.1. The van der Waals surface area contributed by atoms with Crippen molar-refractivity contribution < 1.29 is 19.4 Å². The highest BCUT2D eigenvalue weighted by Crippen LogP contribution is 2.23. The number of phenols is 1. The van der Waals surface area contributed by atoms with E-state index in [4.69, 9.17) is 16.3 Å². The lowest BCUT2D eigenvalue weighted by Crippen LogP contribution is -2.21. The second-order valence-corrected chi connectivity index (χ2v) is 6.10. The number of ether oxygens (including phenoxy) is 1. The summed E-state index contributed by atoms with van der Waals surface area (Å²) in [5.74, 6) is -1.49. The third-order valence-electron chi connectivity index (χ3n) is 2.98. The Morgan fingerprint density at radius 1 is 1.26 bits per heavy atom. The summed E-state index contributed by atoms with van der Waals surface area (Å²) in [5.41, 5.74) is 1.36. The van der Waals surface area contributed by atoms with Crippen LogP contribution in [0.2, 0.25) is 5.02 Å². The Morgan fingerprint density at radius 2 is 2.00 bits per heavy atom. The minimum Gasteiger partial charge on any atom is -0.507 e. The van der Waals surface area contributed by atoms with Gasteiger partial charge in [-0.25, -0.2) is 4.79 Å². The van der Waals surface area contributed by atoms with Crippen molar-refractivity contribution in [1.29, 1.82) is 0 Å². The van der Waals surface area contributed by atoms with Crippen LogP contribution in [0, 0.1) is 6.92 Å². The molecule has 2 rings (SSSR count). The molecule has 0 aliphatic rings. The Morgan fingerprint density at radius 3 is 2.70 bits per heavy atom. The van der Waals surface area contributed by atoms with Gasteiger partial charge < -0.3 is 15.2 Å². The molecule has 0 heterocycles. The van der Waals surface area contributed by atoms with Gasteiger partial charge in [-0.05, 0) is 48.9 Å². The maximum absolute atomic E-state index is 11.9. The fraction of sp³-hybridized carbons (Fsp3) is 0.125. The average molecular weight is 399 g/mol. The Hall–Kier alpha value is -2.05. The summed E-state index contributed by atoms with van der Waals surface area (Å²) < 4.78 is 5.52. The Labute approximate surface area is 146 Å². The van der Waals surface area contributed by atoms with Gasteiger partial charge in [0.25, 0.3) is 5.91 Å². The van der Waals surface area contributed by atoms with E-state index in [1.165, 1.54) is 12.1 Å². The third-order valence-corrected chi connectivity index (χ3v) is 3.70. The molecule has 0 atom stereocenters. The van der Waals surface area contributed by atoms with Crippen LogP contribution in [0.1, 0.15) is 15.9 Å². The highest BCUT2D eigenvalue weighted by molar-refractivity contribution is 9.10. The van der Waals surface area contributed by atoms with E-state index < -0.39 is 18.5 Å². The van der Waals surface area contributed by atoms with Crippen molar-refractivity contribution in [3.63, 3.8) is 0 Å². The average Bonchev–Trinajstić information content (AvgIpc) is 2.50. The molecular formula is C16H13BrClNO4. The number of nitrogens with one attached hydrogen (secondary N) is 1. The number of amides is 1. The molecule has 0 bridgehead atoms. The van der Waals surface area contributed by atoms with Crippen molar-refractivity contribution in [2.45, 2.75) is 6.92 Å². The number of aromatic hydroxyl groups is 1. The number of esters is 1. The summed E-state index contributed by atoms with van der Waals surface area (Å²) in [5, 5.41) is 12.8. The molecule has 23 heavy (non-hydrogen) atoms. The number of benzene rings is 2. The molecule has 7 heteroatoms. The van der Waals surface area contributed by atoms with Gasteiger partial charge in [0.1, 0.15) is 11.3 Å². The zero-order chi connectivity index (χ0) is 17.0. The van der Waals surface area contributed by atoms with Crippen LogP contribution in [-0.4, -0.2) is 23.6 Å². The van der Waals surface area contributed by atoms with Crippen molar-refractivity contribution in [1.82, 2.24) is 0 Å². The maximum atomic E-state index is 11.9. The highest BCUT2D eigenvalue weighted by atomic mass is 79.9. The van der Waals surface area contributed by atoms with Gasteiger partial charge >= 0.3 is 5.97 Å². The molecule has 0 saturated heterocycles. The Bertz CT molecular complexity index is 764. The molecule has 0 aromatic heterocycles. The van der Waals surface area contributed by atoms with Crippen molar-refractivity contribution in [2.24, 2.45) is 0 Å². The van der Waals surface area contributed by atoms with Crippen LogP contribution >= 0.6 is 27.5 Å². The van der Waals surface area contributed by atoms with Gasteiger partial charge in [-0.15, -0.1) is 0 Å². The Balaban J connectivity index is 1.96. The van der Waals surface area contributed by atoms with E-state index in [9.17, 15) is 14.7 Å². The van der Waals surface area contributed by atoms with Crippen molar-refractivity contribution >= 4 is 45.1 Å². The van der Waals surface area contributed by atoms with Crippen LogP contribution in [0.4, 0.5) is 5.69 Å². The number of aryl methyl sites for hydroxylation is 1. The maximum Gasteiger partial charge on any atom is 0.342 e. The summed E-state index contributed by atoms with van der Waals surface area (Å²) >= 11 is 9.04. The summed E-state index contributed by atoms with van der Waals surface area (Å²) in [6.07, 6.45) is 0. The van der Waals surface area contributed by atoms with E-state index in [-0.39, 0.29) is 11.3 Å². The number of rotatable bonds is 4. The van der Waals surface area contributed by atoms with Gasteiger partial charge in [0.15, 0.2) is 6.61 Å². The van der Waals surface area contributed by atoms with E-state index in [0.29, 0.717) is 15.2 Å². The first kappa shape index (κ1) is 17.3. The molecule has 2 aromatic rings. The SMILES string of the molecule is Cc1cc(Cl)ccc1NC(=O)COC(=O)c1cc(Br)ccc1O. The summed E-state index contributed by atoms with van der Waals surface area (Å²) in [4.78, 5) is 23.7. The molecule has 2 aromatic carbocycles. The van der Waals surface area contributed by atoms with Crippen LogP contribution in [0.3, 0.4) is 0 Å². The molecule has 0 unspecified atom stereocenters. The first-order valence-corrected chi connectivity index (χ1v) is 7.75. The number of carbonyl (C=O) groups excluding carboxylic acids is 2. The van der Waals surface area contributed by atoms with Gasteiger partial charge in [0.2, 0.25) is 0 Å². The fourth-order valence-electron chi connectivity index (χ4n) is 1.83. The number of carbonyl (C=O) groups is 2. The second-order valence-electron chi connectivity index (χ2n) is 4.75. The summed E-state index contributed by atoms with van der Waals surface area (Å²) in [7, 11) is 0. The van der Waals surface area contributed by atoms with Crippen LogP contribution in [-0.2, 0) is 9.53 Å². The predicted molar refractivity (Wildman–Crippen MR) is 90.9 cm³/mol. The van der Waals surface area contributed by atoms with Crippen LogP contribution in [0.15, 0.2) is 40.9 Å². The Kier molecular flexibility index (Phi) is 5.63. The minimum absolute atomic E-state index is 0.0187. The molecule has 0 aliphatic heterocycles. The zero-order valence-corrected chi connectivity index (χ0v) is 14.4. The van der Waals surface area contributed by atoms with Crippen molar-refractivity contribution in [2.75, 3.05) is 11.9 Å². The normalized spacial score (nSPS) is 10.2. The predicted octanol–water partition coefficient (Wildman–Crippen LogP) is 3.91. The van der Waals surface area contributed by atoms with E-state index in [2.05, 4.69) is 21.2 Å². The van der Waals surface area contributed by atoms with Crippen molar-refractivity contribution in [3.8, 4) is 5.75 Å². The summed E-state index contributed by atoms with van der Waals surface area (Å²) in [6, 6.07) is 9.38. The standard InChI is InChI=1S/C16H13BrClNO4/c1-9-6-11(18)3-4-13(9)19-15(21)8-23-16(22)12-7-10(17)2-5-14(12)20/h2-7,20H,8H2,1H3,(H,19,21). The van der Waals surface area contributed by atoms with Crippen LogP contribution in [0.5, 0.6) is 5.75 Å². The van der Waals surface area contributed by atoms with E-state index in [1.807, 2.05) is 0 Å². The van der Waals surface area contributed by atoms with Gasteiger partial charge in [-0.1, -0.05) is 27.5 Å². The number of phenolic OH excluding ortho intramolecular Hbond substituents is 1. The lowest BCUT2D eigenvalue weighted by atomic mass is 10.2. The lowest BCUT2D eigenvalue weighted by Gasteiger charge is -2.10. The topological polar surface area (TPSA) is 75.6 Å². The molecule has 5 nitrogen and oxygen atoms in total. The molecule has 0 spiro atoms. The van der Waals surface area contributed by atoms with E-state index >= 15 is 0 Å². The molecule has 1 amide bonds. The highest BCUT2D eigenvalue weighted by Gasteiger charge is 2.15. The number of hydrogen-bond donors (Lipinski definition) is 2. The van der Waals surface area contributed by atoms with Gasteiger partial charge in [-0.2, -0.15) is 0 Å². The van der Waals surface area contributed by atoms with E-state index in [0.717, 1.165) is 5.56 Å². The monoisotopic (exact) mass is 397 g/mol. The van der Waals surface area contributed by atoms with Gasteiger partial charge in [-0.3, -0.25) is 4.79 Å². The molecule has 0 saturated carbocycles. The van der Waals surface area contributed by atoms with Gasteiger partial charge in [0, 0.05) is 15.2 Å². The second kappa shape index (κ2) is 7.48. The van der Waals surface area contributed by atoms with Crippen LogP contribution < -0.4 is 5.32 Å². The number of anilines is 1. The molecule has 0 radical (unpaired) electrons. The largest absolute Gasteiger partial charge is 0.507 e. The third kappa shape index (κ3) is 4.71.